The van der Waals surface area contributed by atoms with Crippen molar-refractivity contribution in [2.45, 2.75) is 13.5 Å². The highest BCUT2D eigenvalue weighted by atomic mass is 16.5. The molecule has 0 aliphatic rings. The van der Waals surface area contributed by atoms with Crippen LogP contribution < -0.4 is 15.0 Å². The minimum atomic E-state index is -0.657. The Morgan fingerprint density at radius 3 is 2.72 bits per heavy atom. The van der Waals surface area contributed by atoms with E-state index in [1.54, 1.807) is 23.9 Å². The van der Waals surface area contributed by atoms with E-state index in [4.69, 9.17) is 19.1 Å². The maximum atomic E-state index is 11.5. The van der Waals surface area contributed by atoms with Crippen molar-refractivity contribution in [1.29, 1.82) is 0 Å². The van der Waals surface area contributed by atoms with Gasteiger partial charge in [-0.2, -0.15) is 0 Å². The van der Waals surface area contributed by atoms with E-state index in [9.17, 15) is 4.79 Å². The summed E-state index contributed by atoms with van der Waals surface area (Å²) in [6, 6.07) is 13.3. The number of rotatable bonds is 8. The topological polar surface area (TPSA) is 80.9 Å². The largest absolute Gasteiger partial charge is 0.484 e. The van der Waals surface area contributed by atoms with Crippen molar-refractivity contribution in [2.75, 3.05) is 0 Å². The second-order valence-electron chi connectivity index (χ2n) is 6.31. The molecule has 148 valence electrons. The van der Waals surface area contributed by atoms with E-state index in [-0.39, 0.29) is 0 Å². The molecular weight excluding hydrogens is 370 g/mol. The van der Waals surface area contributed by atoms with Gasteiger partial charge in [0.2, 0.25) is 5.75 Å². The number of carbonyl (C=O) groups is 1. The quantitative estimate of drug-likeness (QED) is 0.186. The molecule has 3 aromatic rings. The van der Waals surface area contributed by atoms with Crippen molar-refractivity contribution in [2.24, 2.45) is 0 Å². The van der Waals surface area contributed by atoms with Crippen LogP contribution in [0.4, 0.5) is 0 Å². The van der Waals surface area contributed by atoms with Gasteiger partial charge in [0, 0.05) is 17.0 Å². The molecule has 0 unspecified atom stereocenters. The molecule has 0 spiro atoms. The second-order valence-corrected chi connectivity index (χ2v) is 6.31. The Hall–Kier alpha value is -3.77. The number of nitrogens with one attached hydrogen (secondary N) is 1. The number of ether oxygens (including phenoxy) is 2. The molecule has 1 heterocycles. The summed E-state index contributed by atoms with van der Waals surface area (Å²) in [6.07, 6.45) is 7.51. The number of hydrogen-bond donors (Lipinski definition) is 2. The Morgan fingerprint density at radius 1 is 1.21 bits per heavy atom. The minimum Gasteiger partial charge on any atom is -0.484 e. The fraction of sp³-hybridized carbons (Fsp3) is 0.0870. The Bertz CT molecular complexity index is 1060. The average Bonchev–Trinajstić information content (AvgIpc) is 3.19. The van der Waals surface area contributed by atoms with Gasteiger partial charge in [0.05, 0.1) is 12.5 Å². The lowest BCUT2D eigenvalue weighted by Crippen LogP contribution is -2.14. The maximum absolute atomic E-state index is 11.5. The third kappa shape index (κ3) is 5.15. The van der Waals surface area contributed by atoms with Crippen LogP contribution in [0.1, 0.15) is 18.1 Å². The minimum absolute atomic E-state index is 0.292. The zero-order chi connectivity index (χ0) is 20.6. The van der Waals surface area contributed by atoms with Crippen molar-refractivity contribution >= 4 is 23.0 Å². The van der Waals surface area contributed by atoms with Crippen molar-refractivity contribution in [3.63, 3.8) is 0 Å². The number of hydroxylamine groups is 1. The van der Waals surface area contributed by atoms with E-state index in [1.807, 2.05) is 43.3 Å². The maximum Gasteiger partial charge on any atom is 0.267 e. The first-order valence-electron chi connectivity index (χ1n) is 8.90. The summed E-state index contributed by atoms with van der Waals surface area (Å²) in [4.78, 5) is 11.5. The molecule has 0 saturated heterocycles. The van der Waals surface area contributed by atoms with Gasteiger partial charge in [0.1, 0.15) is 6.61 Å². The number of hydrogen-bond acceptors (Lipinski definition) is 5. The Labute approximate surface area is 168 Å². The summed E-state index contributed by atoms with van der Waals surface area (Å²) >= 11 is 0. The molecule has 2 aromatic carbocycles. The van der Waals surface area contributed by atoms with Gasteiger partial charge >= 0.3 is 0 Å². The van der Waals surface area contributed by atoms with Crippen LogP contribution >= 0.6 is 0 Å². The van der Waals surface area contributed by atoms with Crippen molar-refractivity contribution in [3.8, 4) is 11.5 Å². The summed E-state index contributed by atoms with van der Waals surface area (Å²) < 4.78 is 17.5. The van der Waals surface area contributed by atoms with Crippen LogP contribution in [-0.2, 0) is 11.4 Å². The first-order chi connectivity index (χ1) is 14.1. The molecule has 3 rings (SSSR count). The SMILES string of the molecule is C=C(C)C=COc1c(OCc2ccccc2)c(/C=C/C(=O)NO)cc2ccoc12. The van der Waals surface area contributed by atoms with Gasteiger partial charge in [0.15, 0.2) is 11.3 Å². The van der Waals surface area contributed by atoms with Crippen molar-refractivity contribution in [3.05, 3.63) is 90.4 Å². The number of amides is 1. The predicted molar refractivity (Wildman–Crippen MR) is 111 cm³/mol. The number of benzene rings is 2. The van der Waals surface area contributed by atoms with E-state index >= 15 is 0 Å². The molecule has 1 aromatic heterocycles. The summed E-state index contributed by atoms with van der Waals surface area (Å²) in [7, 11) is 0. The fourth-order valence-electron chi connectivity index (χ4n) is 2.62. The van der Waals surface area contributed by atoms with E-state index in [2.05, 4.69) is 6.58 Å². The number of allylic oxidation sites excluding steroid dienone is 2. The summed E-state index contributed by atoms with van der Waals surface area (Å²) in [5.74, 6) is 0.130. The average molecular weight is 391 g/mol. The van der Waals surface area contributed by atoms with Crippen LogP contribution in [0.5, 0.6) is 11.5 Å². The third-order valence-electron chi connectivity index (χ3n) is 3.97. The van der Waals surface area contributed by atoms with E-state index < -0.39 is 5.91 Å². The summed E-state index contributed by atoms with van der Waals surface area (Å²) in [6.45, 7) is 5.95. The van der Waals surface area contributed by atoms with E-state index in [0.29, 0.717) is 29.3 Å². The fourth-order valence-corrected chi connectivity index (χ4v) is 2.62. The lowest BCUT2D eigenvalue weighted by atomic mass is 10.1. The molecule has 0 saturated carbocycles. The molecule has 0 aliphatic carbocycles. The van der Waals surface area contributed by atoms with Crippen LogP contribution in [0.25, 0.3) is 17.0 Å². The highest BCUT2D eigenvalue weighted by Crippen LogP contribution is 2.41. The molecule has 6 heteroatoms. The summed E-state index contributed by atoms with van der Waals surface area (Å²) in [5.41, 5.74) is 4.47. The predicted octanol–water partition coefficient (Wildman–Crippen LogP) is 5.00. The van der Waals surface area contributed by atoms with Gasteiger partial charge in [-0.1, -0.05) is 42.5 Å². The Balaban J connectivity index is 2.06. The van der Waals surface area contributed by atoms with Crippen LogP contribution in [0.15, 0.2) is 83.7 Å². The van der Waals surface area contributed by atoms with Crippen LogP contribution in [0.2, 0.25) is 0 Å². The Kier molecular flexibility index (Phi) is 6.50. The monoisotopic (exact) mass is 391 g/mol. The first-order valence-corrected chi connectivity index (χ1v) is 8.90. The normalized spacial score (nSPS) is 11.2. The van der Waals surface area contributed by atoms with Crippen molar-refractivity contribution in [1.82, 2.24) is 5.48 Å². The lowest BCUT2D eigenvalue weighted by Gasteiger charge is -2.14. The smallest absolute Gasteiger partial charge is 0.267 e. The van der Waals surface area contributed by atoms with E-state index in [0.717, 1.165) is 16.5 Å². The number of furan rings is 1. The van der Waals surface area contributed by atoms with Crippen molar-refractivity contribution < 1.29 is 23.9 Å². The highest BCUT2D eigenvalue weighted by Gasteiger charge is 2.18. The number of fused-ring (bicyclic) bond motifs is 1. The first kappa shape index (κ1) is 20.0. The standard InChI is InChI=1S/C23H21NO5/c1-16(2)10-12-28-23-21-19(11-13-27-21)14-18(8-9-20(25)24-26)22(23)29-15-17-6-4-3-5-7-17/h3-14,26H,1,15H2,2H3,(H,24,25)/b9-8+,12-10?. The van der Waals surface area contributed by atoms with Crippen LogP contribution in [-0.4, -0.2) is 11.1 Å². The zero-order valence-electron chi connectivity index (χ0n) is 15.9. The van der Waals surface area contributed by atoms with Gasteiger partial charge in [0.25, 0.3) is 5.91 Å². The molecule has 6 nitrogen and oxygen atoms in total. The molecule has 2 N–H and O–H groups in total. The molecule has 0 fully saturated rings. The van der Waals surface area contributed by atoms with Gasteiger partial charge in [-0.25, -0.2) is 5.48 Å². The molecule has 29 heavy (non-hydrogen) atoms. The highest BCUT2D eigenvalue weighted by molar-refractivity contribution is 5.94. The van der Waals surface area contributed by atoms with Gasteiger partial charge in [-0.05, 0) is 36.8 Å². The molecule has 0 bridgehead atoms. The third-order valence-corrected chi connectivity index (χ3v) is 3.97. The Morgan fingerprint density at radius 2 is 2.00 bits per heavy atom. The second kappa shape index (κ2) is 9.43. The van der Waals surface area contributed by atoms with Gasteiger partial charge in [-0.15, -0.1) is 0 Å². The van der Waals surface area contributed by atoms with E-state index in [1.165, 1.54) is 18.4 Å². The molecule has 0 aliphatic heterocycles. The zero-order valence-corrected chi connectivity index (χ0v) is 15.9. The van der Waals surface area contributed by atoms with Gasteiger partial charge < -0.3 is 13.9 Å². The lowest BCUT2D eigenvalue weighted by molar-refractivity contribution is -0.124. The van der Waals surface area contributed by atoms with Crippen LogP contribution in [0, 0.1) is 0 Å². The molecular formula is C23H21NO5. The molecule has 1 amide bonds. The molecule has 0 radical (unpaired) electrons. The molecule has 0 atom stereocenters. The van der Waals surface area contributed by atoms with Gasteiger partial charge in [-0.3, -0.25) is 10.0 Å². The van der Waals surface area contributed by atoms with Crippen LogP contribution in [0.3, 0.4) is 0 Å². The number of carbonyl (C=O) groups excluding carboxylic acids is 1. The summed E-state index contributed by atoms with van der Waals surface area (Å²) in [5, 5.41) is 9.53.